The first-order valence-electron chi connectivity index (χ1n) is 6.01. The molecule has 0 saturated carbocycles. The van der Waals surface area contributed by atoms with Crippen LogP contribution in [0.5, 0.6) is 0 Å². The number of halogens is 2. The molecule has 1 aliphatic rings. The molecule has 1 aromatic carbocycles. The van der Waals surface area contributed by atoms with E-state index in [9.17, 15) is 14.0 Å². The number of nitrogens with zero attached hydrogens (tertiary/aromatic N) is 2. The van der Waals surface area contributed by atoms with Crippen LogP contribution in [0.2, 0.25) is 5.02 Å². The minimum Gasteiger partial charge on any atom is -0.340 e. The maximum absolute atomic E-state index is 12.9. The number of hydrogen-bond acceptors (Lipinski definition) is 3. The van der Waals surface area contributed by atoms with Crippen molar-refractivity contribution in [2.45, 2.75) is 6.54 Å². The molecule has 0 radical (unpaired) electrons. The smallest absolute Gasteiger partial charge is 0.242 e. The first-order chi connectivity index (χ1) is 9.47. The predicted molar refractivity (Wildman–Crippen MR) is 76.9 cm³/mol. The summed E-state index contributed by atoms with van der Waals surface area (Å²) < 4.78 is 12.9. The van der Waals surface area contributed by atoms with E-state index in [1.54, 1.807) is 13.1 Å². The van der Waals surface area contributed by atoms with Gasteiger partial charge in [0.1, 0.15) is 12.4 Å². The Balaban J connectivity index is 1.95. The van der Waals surface area contributed by atoms with Gasteiger partial charge in [-0.2, -0.15) is 0 Å². The highest BCUT2D eigenvalue weighted by Gasteiger charge is 2.24. The van der Waals surface area contributed by atoms with Crippen LogP contribution in [0, 0.1) is 5.82 Å². The Kier molecular flexibility index (Phi) is 4.88. The van der Waals surface area contributed by atoms with Crippen LogP contribution in [0.3, 0.4) is 0 Å². The predicted octanol–water partition coefficient (Wildman–Crippen LogP) is 1.97. The summed E-state index contributed by atoms with van der Waals surface area (Å²) in [6, 6.07) is 4.08. The summed E-state index contributed by atoms with van der Waals surface area (Å²) in [7, 11) is 1.63. The molecule has 20 heavy (non-hydrogen) atoms. The van der Waals surface area contributed by atoms with Crippen molar-refractivity contribution in [3.63, 3.8) is 0 Å². The van der Waals surface area contributed by atoms with Gasteiger partial charge in [0.25, 0.3) is 0 Å². The lowest BCUT2D eigenvalue weighted by molar-refractivity contribution is -0.137. The summed E-state index contributed by atoms with van der Waals surface area (Å²) in [6.45, 7) is 0.355. The van der Waals surface area contributed by atoms with Gasteiger partial charge in [-0.15, -0.1) is 11.8 Å². The molecule has 1 heterocycles. The van der Waals surface area contributed by atoms with Crippen molar-refractivity contribution in [1.29, 1.82) is 0 Å². The maximum atomic E-state index is 12.9. The summed E-state index contributed by atoms with van der Waals surface area (Å²) in [5.74, 6) is 0.390. The Labute approximate surface area is 125 Å². The van der Waals surface area contributed by atoms with Crippen molar-refractivity contribution in [1.82, 2.24) is 9.80 Å². The molecule has 7 heteroatoms. The van der Waals surface area contributed by atoms with E-state index in [1.165, 1.54) is 33.7 Å². The molecule has 108 valence electrons. The standard InChI is InChI=1S/C13H14ClFN2O2S/c1-16(5-9-2-3-10(15)4-11(9)14)12(18)6-17-8-20-7-13(17)19/h2-4H,5-8H2,1H3. The Morgan fingerprint density at radius 3 is 2.90 bits per heavy atom. The molecule has 0 unspecified atom stereocenters. The molecule has 0 aromatic heterocycles. The summed E-state index contributed by atoms with van der Waals surface area (Å²) in [5, 5.41) is 0.289. The van der Waals surface area contributed by atoms with Gasteiger partial charge >= 0.3 is 0 Å². The summed E-state index contributed by atoms with van der Waals surface area (Å²) >= 11 is 7.42. The molecule has 0 spiro atoms. The second kappa shape index (κ2) is 6.45. The number of rotatable bonds is 4. The van der Waals surface area contributed by atoms with Crippen molar-refractivity contribution in [2.75, 3.05) is 25.2 Å². The Morgan fingerprint density at radius 1 is 1.55 bits per heavy atom. The zero-order valence-electron chi connectivity index (χ0n) is 10.9. The highest BCUT2D eigenvalue weighted by atomic mass is 35.5. The lowest BCUT2D eigenvalue weighted by Crippen LogP contribution is -2.38. The average molecular weight is 317 g/mol. The van der Waals surface area contributed by atoms with Crippen molar-refractivity contribution < 1.29 is 14.0 Å². The van der Waals surface area contributed by atoms with E-state index in [0.29, 0.717) is 17.2 Å². The fourth-order valence-electron chi connectivity index (χ4n) is 1.82. The third kappa shape index (κ3) is 3.64. The van der Waals surface area contributed by atoms with Gasteiger partial charge < -0.3 is 9.80 Å². The van der Waals surface area contributed by atoms with Gasteiger partial charge in [-0.3, -0.25) is 9.59 Å². The molecule has 2 rings (SSSR count). The van der Waals surface area contributed by atoms with E-state index >= 15 is 0 Å². The normalized spacial score (nSPS) is 14.8. The van der Waals surface area contributed by atoms with Gasteiger partial charge in [-0.1, -0.05) is 17.7 Å². The van der Waals surface area contributed by atoms with E-state index in [-0.39, 0.29) is 29.9 Å². The van der Waals surface area contributed by atoms with Gasteiger partial charge in [-0.25, -0.2) is 4.39 Å². The van der Waals surface area contributed by atoms with Crippen LogP contribution >= 0.6 is 23.4 Å². The number of thioether (sulfide) groups is 1. The minimum absolute atomic E-state index is 0.0171. The fraction of sp³-hybridized carbons (Fsp3) is 0.385. The van der Waals surface area contributed by atoms with E-state index in [1.807, 2.05) is 0 Å². The molecule has 1 aromatic rings. The van der Waals surface area contributed by atoms with E-state index < -0.39 is 5.82 Å². The fourth-order valence-corrected chi connectivity index (χ4v) is 2.95. The highest BCUT2D eigenvalue weighted by Crippen LogP contribution is 2.19. The second-order valence-corrected chi connectivity index (χ2v) is 5.92. The zero-order chi connectivity index (χ0) is 14.7. The van der Waals surface area contributed by atoms with Gasteiger partial charge in [0.05, 0.1) is 11.6 Å². The van der Waals surface area contributed by atoms with Gasteiger partial charge in [0.2, 0.25) is 11.8 Å². The molecule has 0 bridgehead atoms. The zero-order valence-corrected chi connectivity index (χ0v) is 12.5. The Morgan fingerprint density at radius 2 is 2.30 bits per heavy atom. The van der Waals surface area contributed by atoms with Gasteiger partial charge in [0.15, 0.2) is 0 Å². The topological polar surface area (TPSA) is 40.6 Å². The summed E-state index contributed by atoms with van der Waals surface area (Å²) in [5.41, 5.74) is 0.672. The van der Waals surface area contributed by atoms with Crippen LogP contribution < -0.4 is 0 Å². The molecule has 2 amide bonds. The van der Waals surface area contributed by atoms with Crippen LogP contribution in [-0.4, -0.2) is 46.8 Å². The monoisotopic (exact) mass is 316 g/mol. The molecule has 0 aliphatic carbocycles. The van der Waals surface area contributed by atoms with Crippen LogP contribution in [0.1, 0.15) is 5.56 Å². The van der Waals surface area contributed by atoms with E-state index in [0.717, 1.165) is 0 Å². The van der Waals surface area contributed by atoms with Crippen LogP contribution in [0.25, 0.3) is 0 Å². The Hall–Kier alpha value is -1.27. The van der Waals surface area contributed by atoms with Gasteiger partial charge in [0, 0.05) is 18.6 Å². The molecular weight excluding hydrogens is 303 g/mol. The van der Waals surface area contributed by atoms with Crippen molar-refractivity contribution >= 4 is 35.2 Å². The molecule has 1 fully saturated rings. The number of amides is 2. The van der Waals surface area contributed by atoms with E-state index in [4.69, 9.17) is 11.6 Å². The van der Waals surface area contributed by atoms with Crippen LogP contribution in [-0.2, 0) is 16.1 Å². The van der Waals surface area contributed by atoms with Crippen molar-refractivity contribution in [2.24, 2.45) is 0 Å². The average Bonchev–Trinajstić information content (AvgIpc) is 2.78. The number of benzene rings is 1. The Bertz CT molecular complexity index is 541. The van der Waals surface area contributed by atoms with Gasteiger partial charge in [-0.05, 0) is 17.7 Å². The lowest BCUT2D eigenvalue weighted by Gasteiger charge is -2.21. The lowest BCUT2D eigenvalue weighted by atomic mass is 10.2. The number of likely N-dealkylation sites (N-methyl/N-ethyl adjacent to an activating group) is 1. The van der Waals surface area contributed by atoms with Crippen molar-refractivity contribution in [3.05, 3.63) is 34.6 Å². The van der Waals surface area contributed by atoms with Crippen LogP contribution in [0.15, 0.2) is 18.2 Å². The minimum atomic E-state index is -0.410. The molecule has 1 aliphatic heterocycles. The quantitative estimate of drug-likeness (QED) is 0.853. The first-order valence-corrected chi connectivity index (χ1v) is 7.54. The number of carbonyl (C=O) groups is 2. The first kappa shape index (κ1) is 15.1. The third-order valence-electron chi connectivity index (χ3n) is 3.00. The molecular formula is C13H14ClFN2O2S. The second-order valence-electron chi connectivity index (χ2n) is 4.55. The third-order valence-corrected chi connectivity index (χ3v) is 4.30. The summed E-state index contributed by atoms with van der Waals surface area (Å²) in [6.07, 6.45) is 0. The summed E-state index contributed by atoms with van der Waals surface area (Å²) in [4.78, 5) is 26.5. The van der Waals surface area contributed by atoms with Crippen LogP contribution in [0.4, 0.5) is 4.39 Å². The largest absolute Gasteiger partial charge is 0.340 e. The van der Waals surface area contributed by atoms with E-state index in [2.05, 4.69) is 0 Å². The molecule has 1 saturated heterocycles. The van der Waals surface area contributed by atoms with Crippen molar-refractivity contribution in [3.8, 4) is 0 Å². The molecule has 4 nitrogen and oxygen atoms in total. The molecule has 0 atom stereocenters. The molecule has 0 N–H and O–H groups in total. The maximum Gasteiger partial charge on any atom is 0.242 e. The SMILES string of the molecule is CN(Cc1ccc(F)cc1Cl)C(=O)CN1CSCC1=O. The highest BCUT2D eigenvalue weighted by molar-refractivity contribution is 8.00. The number of hydrogen-bond donors (Lipinski definition) is 0. The number of carbonyl (C=O) groups excluding carboxylic acids is 2.